The molecule has 112 valence electrons. The Morgan fingerprint density at radius 3 is 3.05 bits per heavy atom. The van der Waals surface area contributed by atoms with Gasteiger partial charge < -0.3 is 4.57 Å². The molecule has 0 aromatic carbocycles. The summed E-state index contributed by atoms with van der Waals surface area (Å²) in [6.07, 6.45) is 8.03. The molecule has 3 rings (SSSR count). The first-order valence-electron chi connectivity index (χ1n) is 7.74. The molecule has 1 saturated heterocycles. The zero-order chi connectivity index (χ0) is 14.7. The zero-order valence-electron chi connectivity index (χ0n) is 12.8. The number of aromatic nitrogens is 4. The summed E-state index contributed by atoms with van der Waals surface area (Å²) in [4.78, 5) is 6.71. The Hall–Kier alpha value is -1.75. The van der Waals surface area contributed by atoms with Crippen LogP contribution >= 0.6 is 0 Å². The molecule has 5 nitrogen and oxygen atoms in total. The highest BCUT2D eigenvalue weighted by Gasteiger charge is 2.29. The lowest BCUT2D eigenvalue weighted by molar-refractivity contribution is 0.232. The Morgan fingerprint density at radius 2 is 2.29 bits per heavy atom. The van der Waals surface area contributed by atoms with Gasteiger partial charge in [-0.05, 0) is 36.9 Å². The molecule has 2 aromatic heterocycles. The molecule has 1 aliphatic rings. The molecule has 1 fully saturated rings. The predicted molar refractivity (Wildman–Crippen MR) is 81.5 cm³/mol. The standard InChI is InChI=1S/C16H23N5/c1-13(2)10-21-12-18-19-16(21)15-6-4-8-20(15)11-14-5-3-7-17-9-14/h3,5,7,9,12-13,15H,4,6,8,10-11H2,1-2H3/t15-/m1/s1. The van der Waals surface area contributed by atoms with Crippen LogP contribution in [0.25, 0.3) is 0 Å². The molecule has 0 bridgehead atoms. The first kappa shape index (κ1) is 14.2. The molecular weight excluding hydrogens is 262 g/mol. The summed E-state index contributed by atoms with van der Waals surface area (Å²) in [6, 6.07) is 4.52. The van der Waals surface area contributed by atoms with Crippen molar-refractivity contribution >= 4 is 0 Å². The number of rotatable bonds is 5. The summed E-state index contributed by atoms with van der Waals surface area (Å²) in [7, 11) is 0. The van der Waals surface area contributed by atoms with Gasteiger partial charge in [-0.25, -0.2) is 0 Å². The summed E-state index contributed by atoms with van der Waals surface area (Å²) in [5.41, 5.74) is 1.26. The van der Waals surface area contributed by atoms with Gasteiger partial charge in [0.15, 0.2) is 0 Å². The minimum Gasteiger partial charge on any atom is -0.316 e. The van der Waals surface area contributed by atoms with Gasteiger partial charge in [-0.3, -0.25) is 9.88 Å². The molecule has 0 spiro atoms. The second-order valence-corrected chi connectivity index (χ2v) is 6.23. The normalized spacial score (nSPS) is 19.5. The average molecular weight is 285 g/mol. The molecule has 0 saturated carbocycles. The molecule has 21 heavy (non-hydrogen) atoms. The van der Waals surface area contributed by atoms with Crippen molar-refractivity contribution in [1.29, 1.82) is 0 Å². The molecule has 2 aromatic rings. The van der Waals surface area contributed by atoms with Crippen LogP contribution in [-0.4, -0.2) is 31.2 Å². The highest BCUT2D eigenvalue weighted by atomic mass is 15.3. The largest absolute Gasteiger partial charge is 0.316 e. The summed E-state index contributed by atoms with van der Waals surface area (Å²) < 4.78 is 2.22. The Kier molecular flexibility index (Phi) is 4.29. The van der Waals surface area contributed by atoms with E-state index in [-0.39, 0.29) is 0 Å². The molecule has 3 heterocycles. The molecule has 0 N–H and O–H groups in total. The fourth-order valence-corrected chi connectivity index (χ4v) is 3.09. The second kappa shape index (κ2) is 6.35. The highest BCUT2D eigenvalue weighted by Crippen LogP contribution is 2.32. The third-order valence-corrected chi connectivity index (χ3v) is 3.98. The van der Waals surface area contributed by atoms with Crippen LogP contribution in [0.3, 0.4) is 0 Å². The first-order chi connectivity index (χ1) is 10.2. The lowest BCUT2D eigenvalue weighted by Gasteiger charge is -2.24. The van der Waals surface area contributed by atoms with Gasteiger partial charge in [0, 0.05) is 25.5 Å². The van der Waals surface area contributed by atoms with Gasteiger partial charge >= 0.3 is 0 Å². The number of pyridine rings is 1. The maximum absolute atomic E-state index is 4.40. The van der Waals surface area contributed by atoms with Crippen LogP contribution in [0.2, 0.25) is 0 Å². The Balaban J connectivity index is 1.76. The fraction of sp³-hybridized carbons (Fsp3) is 0.562. The topological polar surface area (TPSA) is 46.8 Å². The van der Waals surface area contributed by atoms with E-state index in [0.717, 1.165) is 31.9 Å². The van der Waals surface area contributed by atoms with Crippen molar-refractivity contribution in [2.24, 2.45) is 5.92 Å². The minimum absolute atomic E-state index is 0.381. The monoisotopic (exact) mass is 285 g/mol. The van der Waals surface area contributed by atoms with E-state index in [1.165, 1.54) is 12.0 Å². The highest BCUT2D eigenvalue weighted by molar-refractivity contribution is 5.10. The summed E-state index contributed by atoms with van der Waals surface area (Å²) >= 11 is 0. The number of hydrogen-bond donors (Lipinski definition) is 0. The SMILES string of the molecule is CC(C)Cn1cnnc1[C@H]1CCCN1Cc1cccnc1. The van der Waals surface area contributed by atoms with Crippen molar-refractivity contribution in [1.82, 2.24) is 24.6 Å². The van der Waals surface area contributed by atoms with Crippen molar-refractivity contribution in [3.05, 3.63) is 42.2 Å². The molecule has 1 aliphatic heterocycles. The summed E-state index contributed by atoms with van der Waals surface area (Å²) in [5.74, 6) is 1.72. The maximum atomic E-state index is 4.40. The average Bonchev–Trinajstić information content (AvgIpc) is 3.08. The summed E-state index contributed by atoms with van der Waals surface area (Å²) in [6.45, 7) is 7.50. The molecule has 1 atom stereocenters. The predicted octanol–water partition coefficient (Wildman–Crippen LogP) is 2.67. The van der Waals surface area contributed by atoms with Crippen LogP contribution in [-0.2, 0) is 13.1 Å². The number of likely N-dealkylation sites (tertiary alicyclic amines) is 1. The summed E-state index contributed by atoms with van der Waals surface area (Å²) in [5, 5.41) is 8.53. The van der Waals surface area contributed by atoms with Crippen molar-refractivity contribution in [3.8, 4) is 0 Å². The smallest absolute Gasteiger partial charge is 0.150 e. The van der Waals surface area contributed by atoms with Crippen molar-refractivity contribution in [2.75, 3.05) is 6.54 Å². The quantitative estimate of drug-likeness (QED) is 0.847. The van der Waals surface area contributed by atoms with Crippen LogP contribution in [0.15, 0.2) is 30.9 Å². The van der Waals surface area contributed by atoms with E-state index in [1.54, 1.807) is 0 Å². The van der Waals surface area contributed by atoms with Crippen LogP contribution in [0.5, 0.6) is 0 Å². The zero-order valence-corrected chi connectivity index (χ0v) is 12.8. The molecule has 5 heteroatoms. The Morgan fingerprint density at radius 1 is 1.38 bits per heavy atom. The molecule has 0 radical (unpaired) electrons. The van der Waals surface area contributed by atoms with Gasteiger partial charge in [-0.2, -0.15) is 0 Å². The first-order valence-corrected chi connectivity index (χ1v) is 7.74. The van der Waals surface area contributed by atoms with Crippen molar-refractivity contribution in [2.45, 2.75) is 45.8 Å². The van der Waals surface area contributed by atoms with Crippen LogP contribution in [0, 0.1) is 5.92 Å². The van der Waals surface area contributed by atoms with Gasteiger partial charge in [-0.15, -0.1) is 10.2 Å². The number of hydrogen-bond acceptors (Lipinski definition) is 4. The van der Waals surface area contributed by atoms with Gasteiger partial charge in [0.05, 0.1) is 6.04 Å². The van der Waals surface area contributed by atoms with E-state index >= 15 is 0 Å². The third kappa shape index (κ3) is 3.29. The van der Waals surface area contributed by atoms with Crippen LogP contribution < -0.4 is 0 Å². The van der Waals surface area contributed by atoms with Crippen molar-refractivity contribution in [3.63, 3.8) is 0 Å². The number of nitrogens with zero attached hydrogens (tertiary/aromatic N) is 5. The third-order valence-electron chi connectivity index (χ3n) is 3.98. The minimum atomic E-state index is 0.381. The Labute approximate surface area is 126 Å². The van der Waals surface area contributed by atoms with E-state index in [9.17, 15) is 0 Å². The van der Waals surface area contributed by atoms with Gasteiger partial charge in [0.25, 0.3) is 0 Å². The molecule has 0 unspecified atom stereocenters. The molecule has 0 aliphatic carbocycles. The van der Waals surface area contributed by atoms with E-state index < -0.39 is 0 Å². The van der Waals surface area contributed by atoms with Gasteiger partial charge in [0.2, 0.25) is 0 Å². The van der Waals surface area contributed by atoms with E-state index in [4.69, 9.17) is 0 Å². The van der Waals surface area contributed by atoms with Crippen LogP contribution in [0.4, 0.5) is 0 Å². The van der Waals surface area contributed by atoms with Crippen LogP contribution in [0.1, 0.15) is 44.1 Å². The van der Waals surface area contributed by atoms with Crippen molar-refractivity contribution < 1.29 is 0 Å². The molecular formula is C16H23N5. The second-order valence-electron chi connectivity index (χ2n) is 6.23. The van der Waals surface area contributed by atoms with Gasteiger partial charge in [0.1, 0.15) is 12.2 Å². The van der Waals surface area contributed by atoms with E-state index in [1.807, 2.05) is 24.8 Å². The fourth-order valence-electron chi connectivity index (χ4n) is 3.09. The van der Waals surface area contributed by atoms with E-state index in [0.29, 0.717) is 12.0 Å². The Bertz CT molecular complexity index is 563. The lowest BCUT2D eigenvalue weighted by Crippen LogP contribution is -2.25. The lowest BCUT2D eigenvalue weighted by atomic mass is 10.1. The van der Waals surface area contributed by atoms with Gasteiger partial charge in [-0.1, -0.05) is 19.9 Å². The molecule has 0 amide bonds. The van der Waals surface area contributed by atoms with E-state index in [2.05, 4.69) is 44.6 Å². The maximum Gasteiger partial charge on any atom is 0.150 e.